The summed E-state index contributed by atoms with van der Waals surface area (Å²) >= 11 is 1.81. The highest BCUT2D eigenvalue weighted by atomic mass is 32.2. The zero-order valence-electron chi connectivity index (χ0n) is 6.58. The van der Waals surface area contributed by atoms with Crippen molar-refractivity contribution in [2.24, 2.45) is 5.73 Å². The van der Waals surface area contributed by atoms with Crippen LogP contribution in [0.4, 0.5) is 0 Å². The van der Waals surface area contributed by atoms with Crippen LogP contribution in [-0.4, -0.2) is 22.2 Å². The second-order valence-electron chi connectivity index (χ2n) is 2.40. The molecular formula is C7H13N3S. The molecule has 1 aromatic rings. The topological polar surface area (TPSA) is 54.7 Å². The maximum absolute atomic E-state index is 5.84. The Hall–Kier alpha value is -0.480. The SMILES string of the molecule is CSCC[C@H](N)c1ccn[nH]1. The second-order valence-corrected chi connectivity index (χ2v) is 3.39. The predicted molar refractivity (Wildman–Crippen MR) is 48.5 cm³/mol. The molecule has 4 heteroatoms. The van der Waals surface area contributed by atoms with Crippen molar-refractivity contribution >= 4 is 11.8 Å². The maximum Gasteiger partial charge on any atom is 0.0519 e. The molecule has 1 rings (SSSR count). The summed E-state index contributed by atoms with van der Waals surface area (Å²) in [4.78, 5) is 0. The number of aromatic nitrogens is 2. The molecular weight excluding hydrogens is 158 g/mol. The van der Waals surface area contributed by atoms with E-state index in [1.54, 1.807) is 6.20 Å². The lowest BCUT2D eigenvalue weighted by Gasteiger charge is -2.06. The second kappa shape index (κ2) is 4.41. The normalized spacial score (nSPS) is 13.3. The van der Waals surface area contributed by atoms with Crippen LogP contribution in [0.15, 0.2) is 12.3 Å². The molecule has 0 unspecified atom stereocenters. The van der Waals surface area contributed by atoms with Crippen molar-refractivity contribution in [3.8, 4) is 0 Å². The Balaban J connectivity index is 2.36. The molecule has 0 aliphatic heterocycles. The highest BCUT2D eigenvalue weighted by Crippen LogP contribution is 2.12. The van der Waals surface area contributed by atoms with Crippen LogP contribution in [0.1, 0.15) is 18.2 Å². The monoisotopic (exact) mass is 171 g/mol. The van der Waals surface area contributed by atoms with Crippen LogP contribution in [0.5, 0.6) is 0 Å². The van der Waals surface area contributed by atoms with Gasteiger partial charge in [-0.1, -0.05) is 0 Å². The van der Waals surface area contributed by atoms with Gasteiger partial charge in [0.2, 0.25) is 0 Å². The van der Waals surface area contributed by atoms with Crippen LogP contribution < -0.4 is 5.73 Å². The van der Waals surface area contributed by atoms with Gasteiger partial charge in [0.25, 0.3) is 0 Å². The van der Waals surface area contributed by atoms with Crippen molar-refractivity contribution in [3.63, 3.8) is 0 Å². The first-order valence-electron chi connectivity index (χ1n) is 3.58. The predicted octanol–water partition coefficient (Wildman–Crippen LogP) is 1.16. The lowest BCUT2D eigenvalue weighted by atomic mass is 10.2. The molecule has 0 radical (unpaired) electrons. The van der Waals surface area contributed by atoms with Crippen LogP contribution >= 0.6 is 11.8 Å². The molecule has 0 bridgehead atoms. The van der Waals surface area contributed by atoms with Crippen molar-refractivity contribution in [3.05, 3.63) is 18.0 Å². The Morgan fingerprint density at radius 3 is 3.18 bits per heavy atom. The Morgan fingerprint density at radius 2 is 2.64 bits per heavy atom. The molecule has 3 N–H and O–H groups in total. The summed E-state index contributed by atoms with van der Waals surface area (Å²) in [6.45, 7) is 0. The van der Waals surface area contributed by atoms with E-state index in [1.807, 2.05) is 17.8 Å². The number of hydrogen-bond acceptors (Lipinski definition) is 3. The van der Waals surface area contributed by atoms with E-state index in [0.29, 0.717) is 0 Å². The minimum absolute atomic E-state index is 0.116. The van der Waals surface area contributed by atoms with E-state index in [4.69, 9.17) is 5.73 Å². The zero-order valence-corrected chi connectivity index (χ0v) is 7.40. The van der Waals surface area contributed by atoms with Crippen molar-refractivity contribution < 1.29 is 0 Å². The van der Waals surface area contributed by atoms with Crippen molar-refractivity contribution in [1.82, 2.24) is 10.2 Å². The number of rotatable bonds is 4. The minimum atomic E-state index is 0.116. The van der Waals surface area contributed by atoms with Gasteiger partial charge in [0, 0.05) is 12.2 Å². The molecule has 62 valence electrons. The van der Waals surface area contributed by atoms with Gasteiger partial charge in [0.05, 0.1) is 5.69 Å². The molecule has 0 fully saturated rings. The summed E-state index contributed by atoms with van der Waals surface area (Å²) in [6.07, 6.45) is 4.82. The largest absolute Gasteiger partial charge is 0.323 e. The summed E-state index contributed by atoms with van der Waals surface area (Å²) in [5.74, 6) is 1.10. The van der Waals surface area contributed by atoms with E-state index in [9.17, 15) is 0 Å². The van der Waals surface area contributed by atoms with Crippen LogP contribution in [0.3, 0.4) is 0 Å². The zero-order chi connectivity index (χ0) is 8.10. The van der Waals surface area contributed by atoms with Gasteiger partial charge >= 0.3 is 0 Å². The first kappa shape index (κ1) is 8.62. The van der Waals surface area contributed by atoms with Crippen LogP contribution in [0.2, 0.25) is 0 Å². The van der Waals surface area contributed by atoms with E-state index in [-0.39, 0.29) is 6.04 Å². The van der Waals surface area contributed by atoms with Gasteiger partial charge in [0.15, 0.2) is 0 Å². The van der Waals surface area contributed by atoms with E-state index < -0.39 is 0 Å². The molecule has 11 heavy (non-hydrogen) atoms. The van der Waals surface area contributed by atoms with Crippen LogP contribution in [-0.2, 0) is 0 Å². The first-order chi connectivity index (χ1) is 5.34. The third-order valence-electron chi connectivity index (χ3n) is 1.55. The lowest BCUT2D eigenvalue weighted by Crippen LogP contribution is -2.11. The van der Waals surface area contributed by atoms with Crippen molar-refractivity contribution in [2.45, 2.75) is 12.5 Å². The maximum atomic E-state index is 5.84. The molecule has 0 aliphatic carbocycles. The standard InChI is InChI=1S/C7H13N3S/c1-11-5-3-6(8)7-2-4-9-10-7/h2,4,6H,3,5,8H2,1H3,(H,9,10)/t6-/m0/s1. The van der Waals surface area contributed by atoms with E-state index in [0.717, 1.165) is 17.9 Å². The molecule has 0 amide bonds. The Bertz CT molecular complexity index is 186. The van der Waals surface area contributed by atoms with Gasteiger partial charge in [-0.25, -0.2) is 0 Å². The van der Waals surface area contributed by atoms with Crippen LogP contribution in [0, 0.1) is 0 Å². The Labute approximate surface area is 70.8 Å². The number of thioether (sulfide) groups is 1. The first-order valence-corrected chi connectivity index (χ1v) is 4.97. The quantitative estimate of drug-likeness (QED) is 0.715. The highest BCUT2D eigenvalue weighted by Gasteiger charge is 2.05. The van der Waals surface area contributed by atoms with Gasteiger partial charge in [-0.3, -0.25) is 5.10 Å². The fraction of sp³-hybridized carbons (Fsp3) is 0.571. The number of nitrogens with one attached hydrogen (secondary N) is 1. The lowest BCUT2D eigenvalue weighted by molar-refractivity contribution is 0.678. The molecule has 1 heterocycles. The Kier molecular flexibility index (Phi) is 3.45. The number of H-pyrrole nitrogens is 1. The summed E-state index contributed by atoms with van der Waals surface area (Å²) in [6, 6.07) is 2.04. The average Bonchev–Trinajstić information content (AvgIpc) is 2.52. The van der Waals surface area contributed by atoms with Gasteiger partial charge in [0.1, 0.15) is 0 Å². The van der Waals surface area contributed by atoms with Gasteiger partial charge in [-0.15, -0.1) is 0 Å². The smallest absolute Gasteiger partial charge is 0.0519 e. The highest BCUT2D eigenvalue weighted by molar-refractivity contribution is 7.98. The van der Waals surface area contributed by atoms with Gasteiger partial charge in [-0.2, -0.15) is 16.9 Å². The average molecular weight is 171 g/mol. The molecule has 0 aromatic carbocycles. The third kappa shape index (κ3) is 2.55. The van der Waals surface area contributed by atoms with E-state index in [1.165, 1.54) is 0 Å². The fourth-order valence-electron chi connectivity index (χ4n) is 0.873. The van der Waals surface area contributed by atoms with Crippen molar-refractivity contribution in [2.75, 3.05) is 12.0 Å². The summed E-state index contributed by atoms with van der Waals surface area (Å²) in [5.41, 5.74) is 6.87. The van der Waals surface area contributed by atoms with E-state index >= 15 is 0 Å². The summed E-state index contributed by atoms with van der Waals surface area (Å²) < 4.78 is 0. The molecule has 0 spiro atoms. The molecule has 1 aromatic heterocycles. The van der Waals surface area contributed by atoms with Crippen LogP contribution in [0.25, 0.3) is 0 Å². The molecule has 1 atom stereocenters. The number of nitrogens with zero attached hydrogens (tertiary/aromatic N) is 1. The molecule has 0 saturated carbocycles. The Morgan fingerprint density at radius 1 is 1.82 bits per heavy atom. The molecule has 0 saturated heterocycles. The van der Waals surface area contributed by atoms with Crippen molar-refractivity contribution in [1.29, 1.82) is 0 Å². The van der Waals surface area contributed by atoms with Gasteiger partial charge < -0.3 is 5.73 Å². The third-order valence-corrected chi connectivity index (χ3v) is 2.20. The number of nitrogens with two attached hydrogens (primary N) is 1. The fourth-order valence-corrected chi connectivity index (χ4v) is 1.36. The van der Waals surface area contributed by atoms with E-state index in [2.05, 4.69) is 16.5 Å². The number of aromatic amines is 1. The minimum Gasteiger partial charge on any atom is -0.323 e. The summed E-state index contributed by atoms with van der Waals surface area (Å²) in [7, 11) is 0. The molecule has 0 aliphatic rings. The summed E-state index contributed by atoms with van der Waals surface area (Å²) in [5, 5.41) is 6.70. The molecule has 3 nitrogen and oxygen atoms in total. The number of hydrogen-bond donors (Lipinski definition) is 2. The van der Waals surface area contributed by atoms with Gasteiger partial charge in [-0.05, 0) is 24.5 Å².